The van der Waals surface area contributed by atoms with Gasteiger partial charge in [0.25, 0.3) is 0 Å². The third-order valence-electron chi connectivity index (χ3n) is 1.83. The minimum absolute atomic E-state index is 0.164. The fourth-order valence-electron chi connectivity index (χ4n) is 1.09. The summed E-state index contributed by atoms with van der Waals surface area (Å²) in [7, 11) is 0. The van der Waals surface area contributed by atoms with Crippen molar-refractivity contribution in [2.24, 2.45) is 0 Å². The number of rotatable bonds is 2. The lowest BCUT2D eigenvalue weighted by atomic mass is 10.1. The number of halogens is 1. The summed E-state index contributed by atoms with van der Waals surface area (Å²) in [5, 5.41) is 8.26. The van der Waals surface area contributed by atoms with Gasteiger partial charge >= 0.3 is 0 Å². The minimum Gasteiger partial charge on any atom is -0.513 e. The first-order valence-corrected chi connectivity index (χ1v) is 5.05. The standard InChI is InChI=1S/C9H9FO.C4H4N2/c10-9(7-11)6-8-4-2-1-3-5-8;1-2-6-4-3-5-1/h1-5,7,11H,6H2;1-4H/b9-7-;. The van der Waals surface area contributed by atoms with Crippen LogP contribution in [-0.4, -0.2) is 15.1 Å². The average Bonchev–Trinajstić information content (AvgIpc) is 2.42. The van der Waals surface area contributed by atoms with Crippen LogP contribution in [0, 0.1) is 0 Å². The van der Waals surface area contributed by atoms with Crippen molar-refractivity contribution in [3.63, 3.8) is 0 Å². The van der Waals surface area contributed by atoms with Crippen LogP contribution in [-0.2, 0) is 6.42 Å². The van der Waals surface area contributed by atoms with Crippen molar-refractivity contribution in [3.05, 3.63) is 72.8 Å². The van der Waals surface area contributed by atoms with Gasteiger partial charge in [0.1, 0.15) is 12.1 Å². The number of aliphatic hydroxyl groups excluding tert-OH is 1. The third-order valence-corrected chi connectivity index (χ3v) is 1.83. The SMILES string of the molecule is O/C=C(\F)Cc1ccccc1.c1cnccn1. The van der Waals surface area contributed by atoms with Crippen molar-refractivity contribution in [2.75, 3.05) is 0 Å². The van der Waals surface area contributed by atoms with Crippen molar-refractivity contribution in [2.45, 2.75) is 6.42 Å². The summed E-state index contributed by atoms with van der Waals surface area (Å²) < 4.78 is 12.4. The van der Waals surface area contributed by atoms with Gasteiger partial charge in [0, 0.05) is 31.2 Å². The van der Waals surface area contributed by atoms with Crippen LogP contribution in [0.2, 0.25) is 0 Å². The molecule has 1 heterocycles. The van der Waals surface area contributed by atoms with E-state index in [1.165, 1.54) is 0 Å². The molecule has 1 aromatic carbocycles. The maximum Gasteiger partial charge on any atom is 0.138 e. The summed E-state index contributed by atoms with van der Waals surface area (Å²) in [6, 6.07) is 9.15. The molecule has 1 aromatic heterocycles. The van der Waals surface area contributed by atoms with Gasteiger partial charge in [-0.15, -0.1) is 0 Å². The van der Waals surface area contributed by atoms with E-state index in [2.05, 4.69) is 9.97 Å². The number of benzene rings is 1. The van der Waals surface area contributed by atoms with Gasteiger partial charge in [-0.3, -0.25) is 9.97 Å². The van der Waals surface area contributed by atoms with Crippen molar-refractivity contribution in [1.82, 2.24) is 9.97 Å². The molecule has 2 rings (SSSR count). The van der Waals surface area contributed by atoms with Gasteiger partial charge in [-0.05, 0) is 5.56 Å². The molecule has 0 aliphatic rings. The largest absolute Gasteiger partial charge is 0.513 e. The number of hydrogen-bond donors (Lipinski definition) is 1. The minimum atomic E-state index is -0.517. The van der Waals surface area contributed by atoms with E-state index in [0.717, 1.165) is 5.56 Å². The Balaban J connectivity index is 0.000000202. The van der Waals surface area contributed by atoms with Crippen molar-refractivity contribution < 1.29 is 9.50 Å². The molecule has 0 bridgehead atoms. The van der Waals surface area contributed by atoms with Crippen LogP contribution in [0.1, 0.15) is 5.56 Å². The Hall–Kier alpha value is -2.23. The zero-order valence-corrected chi connectivity index (χ0v) is 9.20. The van der Waals surface area contributed by atoms with E-state index >= 15 is 0 Å². The molecule has 0 atom stereocenters. The van der Waals surface area contributed by atoms with Crippen molar-refractivity contribution >= 4 is 0 Å². The number of aromatic nitrogens is 2. The predicted octanol–water partition coefficient (Wildman–Crippen LogP) is 3.07. The monoisotopic (exact) mass is 232 g/mol. The molecule has 1 N–H and O–H groups in total. The number of aliphatic hydroxyl groups is 1. The molecular weight excluding hydrogens is 219 g/mol. The molecule has 0 radical (unpaired) electrons. The molecule has 88 valence electrons. The predicted molar refractivity (Wildman–Crippen MR) is 64.0 cm³/mol. The Morgan fingerprint density at radius 2 is 1.59 bits per heavy atom. The molecular formula is C13H13FN2O. The maximum absolute atomic E-state index is 12.4. The average molecular weight is 232 g/mol. The Morgan fingerprint density at radius 1 is 1.06 bits per heavy atom. The Kier molecular flexibility index (Phi) is 6.03. The second kappa shape index (κ2) is 7.98. The molecule has 17 heavy (non-hydrogen) atoms. The Bertz CT molecular complexity index is 405. The van der Waals surface area contributed by atoms with Crippen LogP contribution in [0.4, 0.5) is 4.39 Å². The lowest BCUT2D eigenvalue weighted by molar-refractivity contribution is 0.435. The zero-order valence-electron chi connectivity index (χ0n) is 9.20. The van der Waals surface area contributed by atoms with Gasteiger partial charge in [0.15, 0.2) is 0 Å². The second-order valence-electron chi connectivity index (χ2n) is 3.13. The highest BCUT2D eigenvalue weighted by atomic mass is 19.1. The smallest absolute Gasteiger partial charge is 0.138 e. The number of nitrogens with zero attached hydrogens (tertiary/aromatic N) is 2. The normalized spacial score (nSPS) is 10.3. The van der Waals surface area contributed by atoms with E-state index < -0.39 is 5.83 Å². The van der Waals surface area contributed by atoms with Crippen LogP contribution < -0.4 is 0 Å². The highest BCUT2D eigenvalue weighted by molar-refractivity contribution is 5.18. The van der Waals surface area contributed by atoms with E-state index in [9.17, 15) is 4.39 Å². The summed E-state index contributed by atoms with van der Waals surface area (Å²) in [6.07, 6.45) is 7.21. The van der Waals surface area contributed by atoms with Gasteiger partial charge in [-0.2, -0.15) is 0 Å². The van der Waals surface area contributed by atoms with E-state index in [-0.39, 0.29) is 6.42 Å². The van der Waals surface area contributed by atoms with E-state index in [1.807, 2.05) is 30.3 Å². The number of allylic oxidation sites excluding steroid dienone is 1. The molecule has 0 spiro atoms. The second-order valence-corrected chi connectivity index (χ2v) is 3.13. The fourth-order valence-corrected chi connectivity index (χ4v) is 1.09. The van der Waals surface area contributed by atoms with Gasteiger partial charge < -0.3 is 5.11 Å². The van der Waals surface area contributed by atoms with E-state index in [0.29, 0.717) is 6.26 Å². The topological polar surface area (TPSA) is 46.0 Å². The van der Waals surface area contributed by atoms with Gasteiger partial charge in [-0.1, -0.05) is 30.3 Å². The third kappa shape index (κ3) is 6.04. The van der Waals surface area contributed by atoms with Crippen LogP contribution in [0.5, 0.6) is 0 Å². The molecule has 4 heteroatoms. The van der Waals surface area contributed by atoms with Gasteiger partial charge in [0.05, 0.1) is 0 Å². The molecule has 0 saturated carbocycles. The van der Waals surface area contributed by atoms with E-state index in [4.69, 9.17) is 5.11 Å². The highest BCUT2D eigenvalue weighted by Gasteiger charge is 1.95. The molecule has 0 aliphatic carbocycles. The molecule has 0 fully saturated rings. The Labute approximate surface area is 99.3 Å². The van der Waals surface area contributed by atoms with Gasteiger partial charge in [-0.25, -0.2) is 4.39 Å². The van der Waals surface area contributed by atoms with Crippen LogP contribution in [0.15, 0.2) is 67.2 Å². The molecule has 2 aromatic rings. The highest BCUT2D eigenvalue weighted by Crippen LogP contribution is 2.07. The van der Waals surface area contributed by atoms with Crippen molar-refractivity contribution in [3.8, 4) is 0 Å². The quantitative estimate of drug-likeness (QED) is 0.809. The summed E-state index contributed by atoms with van der Waals surface area (Å²) in [5.41, 5.74) is 0.857. The van der Waals surface area contributed by atoms with Crippen molar-refractivity contribution in [1.29, 1.82) is 0 Å². The van der Waals surface area contributed by atoms with Crippen LogP contribution >= 0.6 is 0 Å². The van der Waals surface area contributed by atoms with Gasteiger partial charge in [0.2, 0.25) is 0 Å². The molecule has 0 amide bonds. The maximum atomic E-state index is 12.4. The molecule has 0 saturated heterocycles. The fraction of sp³-hybridized carbons (Fsp3) is 0.0769. The van der Waals surface area contributed by atoms with Crippen LogP contribution in [0.3, 0.4) is 0 Å². The molecule has 0 unspecified atom stereocenters. The Morgan fingerprint density at radius 3 is 2.00 bits per heavy atom. The first kappa shape index (κ1) is 12.8. The molecule has 3 nitrogen and oxygen atoms in total. The molecule has 0 aliphatic heterocycles. The first-order valence-electron chi connectivity index (χ1n) is 5.05. The van der Waals surface area contributed by atoms with E-state index in [1.54, 1.807) is 24.8 Å². The lowest BCUT2D eigenvalue weighted by Crippen LogP contribution is -1.83. The summed E-state index contributed by atoms with van der Waals surface area (Å²) in [4.78, 5) is 7.44. The summed E-state index contributed by atoms with van der Waals surface area (Å²) in [5.74, 6) is -0.517. The summed E-state index contributed by atoms with van der Waals surface area (Å²) >= 11 is 0. The van der Waals surface area contributed by atoms with Crippen LogP contribution in [0.25, 0.3) is 0 Å². The zero-order chi connectivity index (χ0) is 12.3. The first-order chi connectivity index (χ1) is 8.33. The summed E-state index contributed by atoms with van der Waals surface area (Å²) in [6.45, 7) is 0. The number of hydrogen-bond acceptors (Lipinski definition) is 3. The lowest BCUT2D eigenvalue weighted by Gasteiger charge is -1.95.